The fourth-order valence-corrected chi connectivity index (χ4v) is 3.50. The van der Waals surface area contributed by atoms with Crippen molar-refractivity contribution in [1.29, 1.82) is 0 Å². The number of nitrogens with zero attached hydrogens (tertiary/aromatic N) is 1. The first-order valence-electron chi connectivity index (χ1n) is 5.31. The number of aromatic nitrogens is 1. The van der Waals surface area contributed by atoms with Crippen LogP contribution >= 0.6 is 11.3 Å². The number of hydrogen-bond donors (Lipinski definition) is 0. The van der Waals surface area contributed by atoms with Gasteiger partial charge >= 0.3 is 5.97 Å². The monoisotopic (exact) mass is 275 g/mol. The van der Waals surface area contributed by atoms with Gasteiger partial charge in [0.1, 0.15) is 5.01 Å². The van der Waals surface area contributed by atoms with Gasteiger partial charge in [-0.15, -0.1) is 11.3 Å². The molecule has 0 fully saturated rings. The van der Waals surface area contributed by atoms with Crippen LogP contribution in [-0.2, 0) is 26.1 Å². The van der Waals surface area contributed by atoms with Crippen molar-refractivity contribution >= 4 is 28.1 Å². The van der Waals surface area contributed by atoms with E-state index in [9.17, 15) is 9.00 Å². The minimum Gasteiger partial charge on any atom is -0.469 e. The maximum atomic E-state index is 12.0. The Balaban J connectivity index is 2.57. The van der Waals surface area contributed by atoms with Crippen molar-refractivity contribution in [2.24, 2.45) is 0 Å². The number of esters is 1. The van der Waals surface area contributed by atoms with Gasteiger partial charge in [0.2, 0.25) is 0 Å². The van der Waals surface area contributed by atoms with Crippen molar-refractivity contribution in [3.63, 3.8) is 0 Å². The fourth-order valence-electron chi connectivity index (χ4n) is 1.28. The molecule has 0 N–H and O–H groups in total. The van der Waals surface area contributed by atoms with Crippen LogP contribution in [0.1, 0.15) is 28.9 Å². The quantitative estimate of drug-likeness (QED) is 0.771. The number of carbonyl (C=O) groups excluding carboxylic acids is 1. The molecular weight excluding hydrogens is 258 g/mol. The Kier molecular flexibility index (Phi) is 5.27. The summed E-state index contributed by atoms with van der Waals surface area (Å²) in [7, 11) is 0.253. The Morgan fingerprint density at radius 3 is 2.65 bits per heavy atom. The molecule has 0 amide bonds. The lowest BCUT2D eigenvalue weighted by atomic mass is 10.3. The molecule has 0 saturated heterocycles. The molecule has 0 aliphatic carbocycles. The molecule has 1 aromatic heterocycles. The first-order chi connectivity index (χ1) is 7.93. The molecule has 2 atom stereocenters. The molecule has 17 heavy (non-hydrogen) atoms. The lowest BCUT2D eigenvalue weighted by molar-refractivity contribution is -0.140. The Morgan fingerprint density at radius 2 is 2.18 bits per heavy atom. The highest BCUT2D eigenvalue weighted by Gasteiger charge is 2.17. The molecule has 1 aromatic rings. The lowest BCUT2D eigenvalue weighted by Crippen LogP contribution is -2.18. The van der Waals surface area contributed by atoms with Gasteiger partial charge in [-0.2, -0.15) is 0 Å². The normalized spacial score (nSPS) is 14.4. The van der Waals surface area contributed by atoms with Crippen LogP contribution < -0.4 is 0 Å². The summed E-state index contributed by atoms with van der Waals surface area (Å²) < 4.78 is 16.5. The summed E-state index contributed by atoms with van der Waals surface area (Å²) in [4.78, 5) is 16.6. The summed E-state index contributed by atoms with van der Waals surface area (Å²) in [5.74, 6) is 0.0923. The van der Waals surface area contributed by atoms with Crippen LogP contribution in [-0.4, -0.2) is 27.5 Å². The highest BCUT2D eigenvalue weighted by Crippen LogP contribution is 2.19. The zero-order valence-corrected chi connectivity index (χ0v) is 12.1. The first kappa shape index (κ1) is 14.3. The number of hydrogen-bond acceptors (Lipinski definition) is 5. The van der Waals surface area contributed by atoms with Crippen molar-refractivity contribution in [2.45, 2.75) is 38.2 Å². The maximum absolute atomic E-state index is 12.0. The lowest BCUT2D eigenvalue weighted by Gasteiger charge is -2.08. The van der Waals surface area contributed by atoms with Crippen molar-refractivity contribution in [3.05, 3.63) is 15.6 Å². The summed E-state index contributed by atoms with van der Waals surface area (Å²) in [5.41, 5.74) is 0.989. The molecule has 2 unspecified atom stereocenters. The fraction of sp³-hybridized carbons (Fsp3) is 0.636. The summed E-state index contributed by atoms with van der Waals surface area (Å²) in [5, 5.41) is 0.669. The van der Waals surface area contributed by atoms with Gasteiger partial charge < -0.3 is 4.74 Å². The number of aryl methyl sites for hydroxylation is 2. The first-order valence-corrected chi connectivity index (χ1v) is 7.50. The van der Waals surface area contributed by atoms with Gasteiger partial charge in [-0.25, -0.2) is 4.98 Å². The number of thiazole rings is 1. The van der Waals surface area contributed by atoms with Crippen LogP contribution in [0.4, 0.5) is 0 Å². The van der Waals surface area contributed by atoms with Crippen LogP contribution in [0.2, 0.25) is 0 Å². The average molecular weight is 275 g/mol. The molecular formula is C11H17NO3S2. The van der Waals surface area contributed by atoms with Gasteiger partial charge in [-0.3, -0.25) is 9.00 Å². The molecule has 4 nitrogen and oxygen atoms in total. The number of rotatable bonds is 5. The summed E-state index contributed by atoms with van der Waals surface area (Å²) in [6.07, 6.45) is 0.187. The number of carbonyl (C=O) groups is 1. The zero-order valence-electron chi connectivity index (χ0n) is 10.5. The molecule has 0 bridgehead atoms. The van der Waals surface area contributed by atoms with E-state index < -0.39 is 10.8 Å². The van der Waals surface area contributed by atoms with E-state index in [0.29, 0.717) is 5.75 Å². The predicted octanol–water partition coefficient (Wildman–Crippen LogP) is 1.96. The van der Waals surface area contributed by atoms with Gasteiger partial charge in [0.25, 0.3) is 0 Å². The van der Waals surface area contributed by atoms with Gasteiger partial charge in [-0.05, 0) is 13.8 Å². The van der Waals surface area contributed by atoms with E-state index in [1.807, 2.05) is 13.8 Å². The molecule has 0 spiro atoms. The minimum atomic E-state index is -1.09. The van der Waals surface area contributed by atoms with Crippen LogP contribution in [0.5, 0.6) is 0 Å². The molecule has 0 saturated carbocycles. The standard InChI is InChI=1S/C11H17NO3S2/c1-7(5-11(13)15-4)17(14)6-10-12-8(2)9(3)16-10/h7H,5-6H2,1-4H3. The maximum Gasteiger partial charge on any atom is 0.306 e. The summed E-state index contributed by atoms with van der Waals surface area (Å²) >= 11 is 1.56. The van der Waals surface area contributed by atoms with Gasteiger partial charge in [0, 0.05) is 20.9 Å². The van der Waals surface area contributed by atoms with Crippen molar-refractivity contribution in [2.75, 3.05) is 7.11 Å². The largest absolute Gasteiger partial charge is 0.469 e. The van der Waals surface area contributed by atoms with Crippen molar-refractivity contribution < 1.29 is 13.7 Å². The van der Waals surface area contributed by atoms with Crippen molar-refractivity contribution in [1.82, 2.24) is 4.98 Å². The van der Waals surface area contributed by atoms with Gasteiger partial charge in [0.15, 0.2) is 0 Å². The van der Waals surface area contributed by atoms with Crippen molar-refractivity contribution in [3.8, 4) is 0 Å². The van der Waals surface area contributed by atoms with Crippen LogP contribution in [0.15, 0.2) is 0 Å². The van der Waals surface area contributed by atoms with E-state index >= 15 is 0 Å². The second kappa shape index (κ2) is 6.26. The molecule has 0 radical (unpaired) electrons. The second-order valence-corrected chi connectivity index (χ2v) is 7.01. The molecule has 1 heterocycles. The molecule has 6 heteroatoms. The van der Waals surface area contributed by atoms with E-state index in [2.05, 4.69) is 9.72 Å². The number of methoxy groups -OCH3 is 1. The van der Waals surface area contributed by atoms with Crippen LogP contribution in [0, 0.1) is 13.8 Å². The zero-order chi connectivity index (χ0) is 13.0. The van der Waals surface area contributed by atoms with Gasteiger partial charge in [-0.1, -0.05) is 6.92 Å². The SMILES string of the molecule is COC(=O)CC(C)S(=O)Cc1nc(C)c(C)s1. The third kappa shape index (κ3) is 4.20. The number of ether oxygens (including phenoxy) is 1. The summed E-state index contributed by atoms with van der Waals surface area (Å²) in [6, 6.07) is 0. The minimum absolute atomic E-state index is 0.187. The average Bonchev–Trinajstić information content (AvgIpc) is 2.57. The third-order valence-electron chi connectivity index (χ3n) is 2.47. The topological polar surface area (TPSA) is 56.3 Å². The Labute approximate surface area is 108 Å². The Hall–Kier alpha value is -0.750. The van der Waals surface area contributed by atoms with E-state index in [0.717, 1.165) is 15.6 Å². The van der Waals surface area contributed by atoms with Crippen LogP contribution in [0.3, 0.4) is 0 Å². The van der Waals surface area contributed by atoms with E-state index in [4.69, 9.17) is 0 Å². The predicted molar refractivity (Wildman–Crippen MR) is 69.5 cm³/mol. The molecule has 0 aromatic carbocycles. The highest BCUT2D eigenvalue weighted by atomic mass is 32.2. The highest BCUT2D eigenvalue weighted by molar-refractivity contribution is 7.85. The molecule has 96 valence electrons. The Bertz CT molecular complexity index is 409. The third-order valence-corrected chi connectivity index (χ3v) is 5.35. The van der Waals surface area contributed by atoms with E-state index in [1.54, 1.807) is 18.3 Å². The van der Waals surface area contributed by atoms with E-state index in [-0.39, 0.29) is 17.6 Å². The second-order valence-electron chi connectivity index (χ2n) is 3.87. The molecule has 0 aliphatic rings. The van der Waals surface area contributed by atoms with Crippen LogP contribution in [0.25, 0.3) is 0 Å². The summed E-state index contributed by atoms with van der Waals surface area (Å²) in [6.45, 7) is 5.73. The smallest absolute Gasteiger partial charge is 0.306 e. The Morgan fingerprint density at radius 1 is 1.53 bits per heavy atom. The van der Waals surface area contributed by atoms with E-state index in [1.165, 1.54) is 7.11 Å². The molecule has 1 rings (SSSR count). The molecule has 0 aliphatic heterocycles. The van der Waals surface area contributed by atoms with Gasteiger partial charge in [0.05, 0.1) is 25.0 Å².